The van der Waals surface area contributed by atoms with Crippen molar-refractivity contribution in [3.05, 3.63) is 77.4 Å². The maximum atomic E-state index is 14.2. The number of benzene rings is 2. The molecule has 1 aliphatic rings. The van der Waals surface area contributed by atoms with E-state index in [0.29, 0.717) is 36.7 Å². The summed E-state index contributed by atoms with van der Waals surface area (Å²) in [7, 11) is 1.55. The molecule has 0 aliphatic carbocycles. The molecule has 3 aromatic rings. The predicted molar refractivity (Wildman–Crippen MR) is 119 cm³/mol. The second-order valence-electron chi connectivity index (χ2n) is 7.92. The van der Waals surface area contributed by atoms with Gasteiger partial charge in [0.2, 0.25) is 0 Å². The van der Waals surface area contributed by atoms with E-state index < -0.39 is 34.8 Å². The van der Waals surface area contributed by atoms with Crippen molar-refractivity contribution in [1.29, 1.82) is 0 Å². The number of rotatable bonds is 7. The van der Waals surface area contributed by atoms with Crippen LogP contribution in [0.3, 0.4) is 0 Å². The molecule has 0 bridgehead atoms. The van der Waals surface area contributed by atoms with Gasteiger partial charge in [-0.25, -0.2) is 9.07 Å². The topological polar surface area (TPSA) is 68.6 Å². The molecule has 2 aromatic carbocycles. The van der Waals surface area contributed by atoms with Crippen LogP contribution in [0.1, 0.15) is 27.7 Å². The second kappa shape index (κ2) is 10.4. The minimum absolute atomic E-state index is 0.0489. The summed E-state index contributed by atoms with van der Waals surface area (Å²) in [4.78, 5) is 15.0. The Labute approximate surface area is 199 Å². The highest BCUT2D eigenvalue weighted by molar-refractivity contribution is 5.95. The molecule has 1 saturated heterocycles. The molecule has 1 amide bonds. The van der Waals surface area contributed by atoms with Crippen molar-refractivity contribution >= 4 is 5.91 Å². The number of carbonyl (C=O) groups excluding carboxylic acids is 1. The number of hydrogen-bond acceptors (Lipinski definition) is 5. The number of morpholine rings is 1. The van der Waals surface area contributed by atoms with Gasteiger partial charge in [0.15, 0.2) is 5.69 Å². The van der Waals surface area contributed by atoms with E-state index in [2.05, 4.69) is 15.3 Å². The largest absolute Gasteiger partial charge is 0.497 e. The molecule has 0 spiro atoms. The number of alkyl halides is 3. The van der Waals surface area contributed by atoms with E-state index in [4.69, 9.17) is 9.47 Å². The van der Waals surface area contributed by atoms with Crippen LogP contribution in [0.15, 0.2) is 54.7 Å². The summed E-state index contributed by atoms with van der Waals surface area (Å²) in [6, 6.07) is 11.9. The SMILES string of the molecule is COc1ccc(C(CNC(=O)c2cnn(-c3ccccc3F)c2C(F)(F)F)N2CCOCC2)cc1. The first-order valence-corrected chi connectivity index (χ1v) is 10.9. The van der Waals surface area contributed by atoms with E-state index in [1.165, 1.54) is 12.1 Å². The van der Waals surface area contributed by atoms with Gasteiger partial charge in [-0.05, 0) is 29.8 Å². The summed E-state index contributed by atoms with van der Waals surface area (Å²) in [5, 5.41) is 6.30. The highest BCUT2D eigenvalue weighted by Gasteiger charge is 2.41. The zero-order valence-electron chi connectivity index (χ0n) is 18.9. The number of nitrogens with one attached hydrogen (secondary N) is 1. The van der Waals surface area contributed by atoms with Gasteiger partial charge < -0.3 is 14.8 Å². The summed E-state index contributed by atoms with van der Waals surface area (Å²) in [5.74, 6) is -1.18. The third-order valence-electron chi connectivity index (χ3n) is 5.81. The smallest absolute Gasteiger partial charge is 0.434 e. The molecular weight excluding hydrogens is 468 g/mol. The molecule has 35 heavy (non-hydrogen) atoms. The fraction of sp³-hybridized carbons (Fsp3) is 0.333. The number of hydrogen-bond donors (Lipinski definition) is 1. The van der Waals surface area contributed by atoms with E-state index in [-0.39, 0.29) is 12.6 Å². The Kier molecular flexibility index (Phi) is 7.37. The van der Waals surface area contributed by atoms with Crippen LogP contribution in [0.25, 0.3) is 5.69 Å². The lowest BCUT2D eigenvalue weighted by Crippen LogP contribution is -2.44. The van der Waals surface area contributed by atoms with Crippen molar-refractivity contribution in [2.75, 3.05) is 40.0 Å². The zero-order chi connectivity index (χ0) is 25.0. The number of nitrogens with zero attached hydrogens (tertiary/aromatic N) is 3. The Hall–Kier alpha value is -3.44. The molecule has 2 heterocycles. The minimum atomic E-state index is -4.94. The van der Waals surface area contributed by atoms with E-state index in [1.54, 1.807) is 19.2 Å². The first-order chi connectivity index (χ1) is 16.8. The predicted octanol–water partition coefficient (Wildman–Crippen LogP) is 3.84. The Bertz CT molecular complexity index is 1160. The maximum Gasteiger partial charge on any atom is 0.434 e. The van der Waals surface area contributed by atoms with Gasteiger partial charge in [0.25, 0.3) is 5.91 Å². The van der Waals surface area contributed by atoms with Crippen LogP contribution in [0.5, 0.6) is 5.75 Å². The van der Waals surface area contributed by atoms with Crippen molar-refractivity contribution in [1.82, 2.24) is 20.0 Å². The Morgan fingerprint density at radius 1 is 1.14 bits per heavy atom. The van der Waals surface area contributed by atoms with Crippen LogP contribution in [-0.4, -0.2) is 60.5 Å². The maximum absolute atomic E-state index is 14.2. The monoisotopic (exact) mass is 492 g/mol. The van der Waals surface area contributed by atoms with Gasteiger partial charge in [0, 0.05) is 19.6 Å². The Morgan fingerprint density at radius 3 is 2.46 bits per heavy atom. The van der Waals surface area contributed by atoms with Gasteiger partial charge in [-0.3, -0.25) is 9.69 Å². The molecular formula is C24H24F4N4O3. The van der Waals surface area contributed by atoms with Gasteiger partial charge in [0.1, 0.15) is 17.3 Å². The van der Waals surface area contributed by atoms with Crippen LogP contribution < -0.4 is 10.1 Å². The fourth-order valence-electron chi connectivity index (χ4n) is 4.05. The number of para-hydroxylation sites is 1. The zero-order valence-corrected chi connectivity index (χ0v) is 18.9. The summed E-state index contributed by atoms with van der Waals surface area (Å²) < 4.78 is 67.1. The molecule has 4 rings (SSSR count). The third kappa shape index (κ3) is 5.46. The first-order valence-electron chi connectivity index (χ1n) is 10.9. The first kappa shape index (κ1) is 24.7. The van der Waals surface area contributed by atoms with Gasteiger partial charge >= 0.3 is 6.18 Å². The van der Waals surface area contributed by atoms with Crippen LogP contribution in [0, 0.1) is 5.82 Å². The van der Waals surface area contributed by atoms with E-state index >= 15 is 0 Å². The van der Waals surface area contributed by atoms with E-state index in [1.807, 2.05) is 12.1 Å². The van der Waals surface area contributed by atoms with Crippen molar-refractivity contribution in [2.24, 2.45) is 0 Å². The fourth-order valence-corrected chi connectivity index (χ4v) is 4.05. The summed E-state index contributed by atoms with van der Waals surface area (Å²) in [6.45, 7) is 2.27. The van der Waals surface area contributed by atoms with E-state index in [9.17, 15) is 22.4 Å². The number of carbonyl (C=O) groups is 1. The molecule has 186 valence electrons. The molecule has 0 saturated carbocycles. The number of aromatic nitrogens is 2. The van der Waals surface area contributed by atoms with Crippen LogP contribution in [-0.2, 0) is 10.9 Å². The normalized spacial score (nSPS) is 15.6. The quantitative estimate of drug-likeness (QED) is 0.508. The number of ether oxygens (including phenoxy) is 2. The lowest BCUT2D eigenvalue weighted by Gasteiger charge is -2.35. The van der Waals surface area contributed by atoms with E-state index in [0.717, 1.165) is 23.9 Å². The molecule has 1 atom stereocenters. The highest BCUT2D eigenvalue weighted by atomic mass is 19.4. The second-order valence-corrected chi connectivity index (χ2v) is 7.92. The van der Waals surface area contributed by atoms with Gasteiger partial charge in [0.05, 0.1) is 38.1 Å². The lowest BCUT2D eigenvalue weighted by atomic mass is 10.0. The number of halogens is 4. The summed E-state index contributed by atoms with van der Waals surface area (Å²) in [6.07, 6.45) is -4.13. The average Bonchev–Trinajstić information content (AvgIpc) is 3.31. The minimum Gasteiger partial charge on any atom is -0.497 e. The Balaban J connectivity index is 1.60. The highest BCUT2D eigenvalue weighted by Crippen LogP contribution is 2.34. The molecule has 1 fully saturated rings. The molecule has 1 aromatic heterocycles. The van der Waals surface area contributed by atoms with Crippen molar-refractivity contribution in [2.45, 2.75) is 12.2 Å². The van der Waals surface area contributed by atoms with Gasteiger partial charge in [-0.1, -0.05) is 24.3 Å². The van der Waals surface area contributed by atoms with Gasteiger partial charge in [-0.15, -0.1) is 0 Å². The molecule has 1 unspecified atom stereocenters. The molecule has 1 aliphatic heterocycles. The summed E-state index contributed by atoms with van der Waals surface area (Å²) in [5.41, 5.74) is -1.56. The third-order valence-corrected chi connectivity index (χ3v) is 5.81. The molecule has 0 radical (unpaired) electrons. The Morgan fingerprint density at radius 2 is 1.83 bits per heavy atom. The standard InChI is InChI=1S/C24H24F4N4O3/c1-34-17-8-6-16(7-9-17)21(31-10-12-35-13-11-31)15-29-23(33)18-14-30-32(22(18)24(26,27)28)20-5-3-2-4-19(20)25/h2-9,14,21H,10-13,15H2,1H3,(H,29,33). The van der Waals surface area contributed by atoms with Crippen LogP contribution >= 0.6 is 0 Å². The molecule has 7 nitrogen and oxygen atoms in total. The number of methoxy groups -OCH3 is 1. The lowest BCUT2D eigenvalue weighted by molar-refractivity contribution is -0.143. The average molecular weight is 492 g/mol. The van der Waals surface area contributed by atoms with Crippen molar-refractivity contribution < 1.29 is 31.8 Å². The molecule has 11 heteroatoms. The van der Waals surface area contributed by atoms with Crippen LogP contribution in [0.4, 0.5) is 17.6 Å². The molecule has 1 N–H and O–H groups in total. The summed E-state index contributed by atoms with van der Waals surface area (Å²) >= 11 is 0. The van der Waals surface area contributed by atoms with Gasteiger partial charge in [-0.2, -0.15) is 18.3 Å². The van der Waals surface area contributed by atoms with Crippen molar-refractivity contribution in [3.63, 3.8) is 0 Å². The van der Waals surface area contributed by atoms with Crippen molar-refractivity contribution in [3.8, 4) is 11.4 Å². The number of amides is 1. The van der Waals surface area contributed by atoms with Crippen LogP contribution in [0.2, 0.25) is 0 Å².